The summed E-state index contributed by atoms with van der Waals surface area (Å²) in [7, 11) is 0. The van der Waals surface area contributed by atoms with E-state index in [-0.39, 0.29) is 29.8 Å². The fourth-order valence-corrected chi connectivity index (χ4v) is 4.16. The van der Waals surface area contributed by atoms with E-state index in [4.69, 9.17) is 11.6 Å². The lowest BCUT2D eigenvalue weighted by Crippen LogP contribution is -2.56. The van der Waals surface area contributed by atoms with Gasteiger partial charge in [-0.1, -0.05) is 30.9 Å². The summed E-state index contributed by atoms with van der Waals surface area (Å²) >= 11 is 5.68. The summed E-state index contributed by atoms with van der Waals surface area (Å²) in [6.07, 6.45) is 10.3. The molecule has 1 aromatic rings. The van der Waals surface area contributed by atoms with Crippen molar-refractivity contribution in [1.29, 1.82) is 0 Å². The van der Waals surface area contributed by atoms with Gasteiger partial charge in [-0.2, -0.15) is 0 Å². The van der Waals surface area contributed by atoms with Gasteiger partial charge in [0.15, 0.2) is 0 Å². The summed E-state index contributed by atoms with van der Waals surface area (Å²) in [4.78, 5) is 24.4. The molecule has 1 heterocycles. The minimum Gasteiger partial charge on any atom is -0.352 e. The molecule has 144 valence electrons. The van der Waals surface area contributed by atoms with Crippen LogP contribution in [0.2, 0.25) is 0 Å². The lowest BCUT2D eigenvalue weighted by Gasteiger charge is -2.34. The average Bonchev–Trinajstić information content (AvgIpc) is 2.91. The van der Waals surface area contributed by atoms with Crippen LogP contribution in [0.25, 0.3) is 0 Å². The Morgan fingerprint density at radius 3 is 2.50 bits per heavy atom. The topological polar surface area (TPSA) is 88.9 Å². The van der Waals surface area contributed by atoms with Gasteiger partial charge in [-0.25, -0.2) is 4.68 Å². The van der Waals surface area contributed by atoms with E-state index in [1.807, 2.05) is 0 Å². The van der Waals surface area contributed by atoms with Crippen LogP contribution in [0.1, 0.15) is 62.8 Å². The van der Waals surface area contributed by atoms with Crippen LogP contribution in [0.15, 0.2) is 0 Å². The van der Waals surface area contributed by atoms with Crippen LogP contribution in [-0.2, 0) is 29.0 Å². The molecule has 0 aromatic carbocycles. The minimum absolute atomic E-state index is 0.0548. The third kappa shape index (κ3) is 4.75. The fourth-order valence-electron chi connectivity index (χ4n) is 4.09. The summed E-state index contributed by atoms with van der Waals surface area (Å²) in [6, 6.07) is 0. The zero-order valence-electron chi connectivity index (χ0n) is 15.2. The number of aryl methyl sites for hydroxylation is 1. The number of carbonyl (C=O) groups excluding carboxylic acids is 2. The van der Waals surface area contributed by atoms with Gasteiger partial charge in [-0.05, 0) is 38.5 Å². The van der Waals surface area contributed by atoms with Crippen molar-refractivity contribution < 1.29 is 9.59 Å². The molecule has 2 N–H and O–H groups in total. The molecule has 1 aromatic heterocycles. The highest BCUT2D eigenvalue weighted by Crippen LogP contribution is 2.27. The molecule has 0 aliphatic heterocycles. The summed E-state index contributed by atoms with van der Waals surface area (Å²) in [5.74, 6) is -0.318. The maximum atomic E-state index is 12.5. The number of alkyl halides is 1. The van der Waals surface area contributed by atoms with E-state index in [1.165, 1.54) is 0 Å². The number of halogens is 1. The van der Waals surface area contributed by atoms with Crippen molar-refractivity contribution in [2.75, 3.05) is 12.4 Å². The van der Waals surface area contributed by atoms with E-state index in [0.717, 1.165) is 75.6 Å². The molecular weight excluding hydrogens is 354 g/mol. The molecule has 0 bridgehead atoms. The number of hydrogen-bond donors (Lipinski definition) is 2. The van der Waals surface area contributed by atoms with Gasteiger partial charge < -0.3 is 10.6 Å². The molecule has 2 aliphatic rings. The number of nitrogens with one attached hydrogen (secondary N) is 2. The summed E-state index contributed by atoms with van der Waals surface area (Å²) in [6.45, 7) is 0.618. The molecule has 0 atom stereocenters. The third-order valence-electron chi connectivity index (χ3n) is 5.50. The minimum atomic E-state index is -0.389. The van der Waals surface area contributed by atoms with Crippen LogP contribution in [0.5, 0.6) is 0 Å². The Hall–Kier alpha value is -1.63. The van der Waals surface area contributed by atoms with Gasteiger partial charge in [-0.3, -0.25) is 9.59 Å². The maximum Gasteiger partial charge on any atom is 0.241 e. The van der Waals surface area contributed by atoms with Crippen LogP contribution in [0.4, 0.5) is 0 Å². The smallest absolute Gasteiger partial charge is 0.241 e. The second kappa shape index (κ2) is 8.84. The number of nitrogens with zero attached hydrogens (tertiary/aromatic N) is 3. The molecule has 0 radical (unpaired) electrons. The first kappa shape index (κ1) is 19.1. The molecule has 3 rings (SSSR count). The highest BCUT2D eigenvalue weighted by atomic mass is 35.5. The number of rotatable bonds is 6. The maximum absolute atomic E-state index is 12.5. The van der Waals surface area contributed by atoms with Crippen LogP contribution < -0.4 is 10.6 Å². The lowest BCUT2D eigenvalue weighted by molar-refractivity contribution is -0.124. The molecule has 26 heavy (non-hydrogen) atoms. The highest BCUT2D eigenvalue weighted by Gasteiger charge is 2.33. The van der Waals surface area contributed by atoms with Crippen molar-refractivity contribution in [1.82, 2.24) is 25.6 Å². The fraction of sp³-hybridized carbons (Fsp3) is 0.778. The molecule has 2 aliphatic carbocycles. The van der Waals surface area contributed by atoms with Crippen LogP contribution in [0, 0.1) is 0 Å². The van der Waals surface area contributed by atoms with Gasteiger partial charge in [0.05, 0.1) is 16.9 Å². The van der Waals surface area contributed by atoms with Crippen molar-refractivity contribution in [2.45, 2.75) is 76.3 Å². The van der Waals surface area contributed by atoms with E-state index in [1.54, 1.807) is 4.68 Å². The van der Waals surface area contributed by atoms with E-state index in [0.29, 0.717) is 6.54 Å². The molecule has 0 unspecified atom stereocenters. The average molecular weight is 382 g/mol. The lowest BCUT2D eigenvalue weighted by atomic mass is 9.89. The SMILES string of the molecule is O=C(Cn1nnc2c1CCCC2)NCC1(NC(=O)CCl)CCCCCC1. The molecule has 0 saturated heterocycles. The number of fused-ring (bicyclic) bond motifs is 1. The summed E-state index contributed by atoms with van der Waals surface area (Å²) < 4.78 is 1.72. The second-order valence-corrected chi connectivity index (χ2v) is 7.77. The first-order chi connectivity index (χ1) is 12.6. The van der Waals surface area contributed by atoms with Crippen molar-refractivity contribution >= 4 is 23.4 Å². The van der Waals surface area contributed by atoms with Crippen LogP contribution in [-0.4, -0.2) is 44.8 Å². The summed E-state index contributed by atoms with van der Waals surface area (Å²) in [5.41, 5.74) is 1.73. The van der Waals surface area contributed by atoms with Gasteiger partial charge in [0.25, 0.3) is 0 Å². The van der Waals surface area contributed by atoms with E-state index in [9.17, 15) is 9.59 Å². The summed E-state index contributed by atoms with van der Waals surface area (Å²) in [5, 5.41) is 14.4. The van der Waals surface area contributed by atoms with Gasteiger partial charge in [0, 0.05) is 6.54 Å². The number of hydrogen-bond acceptors (Lipinski definition) is 4. The molecule has 7 nitrogen and oxygen atoms in total. The Morgan fingerprint density at radius 1 is 1.04 bits per heavy atom. The van der Waals surface area contributed by atoms with Gasteiger partial charge in [0.2, 0.25) is 11.8 Å². The first-order valence-corrected chi connectivity index (χ1v) is 10.2. The Labute approximate surface area is 159 Å². The van der Waals surface area contributed by atoms with Crippen LogP contribution in [0.3, 0.4) is 0 Å². The first-order valence-electron chi connectivity index (χ1n) is 9.67. The normalized spacial score (nSPS) is 19.3. The zero-order chi connectivity index (χ0) is 18.4. The van der Waals surface area contributed by atoms with Crippen molar-refractivity contribution in [2.24, 2.45) is 0 Å². The van der Waals surface area contributed by atoms with Crippen molar-refractivity contribution in [3.63, 3.8) is 0 Å². The Balaban J connectivity index is 1.60. The third-order valence-corrected chi connectivity index (χ3v) is 5.74. The molecule has 1 saturated carbocycles. The van der Waals surface area contributed by atoms with Gasteiger partial charge in [-0.15, -0.1) is 16.7 Å². The molecule has 1 fully saturated rings. The van der Waals surface area contributed by atoms with Gasteiger partial charge >= 0.3 is 0 Å². The number of carbonyl (C=O) groups is 2. The molecule has 0 spiro atoms. The van der Waals surface area contributed by atoms with E-state index < -0.39 is 0 Å². The Bertz CT molecular complexity index is 638. The predicted molar refractivity (Wildman–Crippen MR) is 99.0 cm³/mol. The second-order valence-electron chi connectivity index (χ2n) is 7.50. The van der Waals surface area contributed by atoms with E-state index in [2.05, 4.69) is 20.9 Å². The van der Waals surface area contributed by atoms with Crippen molar-refractivity contribution in [3.8, 4) is 0 Å². The Kier molecular flexibility index (Phi) is 6.51. The molecule has 8 heteroatoms. The van der Waals surface area contributed by atoms with Crippen molar-refractivity contribution in [3.05, 3.63) is 11.4 Å². The zero-order valence-corrected chi connectivity index (χ0v) is 16.0. The van der Waals surface area contributed by atoms with Gasteiger partial charge in [0.1, 0.15) is 12.4 Å². The predicted octanol–water partition coefficient (Wildman–Crippen LogP) is 1.72. The Morgan fingerprint density at radius 2 is 1.77 bits per heavy atom. The molecule has 2 amide bonds. The monoisotopic (exact) mass is 381 g/mol. The standard InChI is InChI=1S/C18H28ClN5O2/c19-11-16(25)21-18(9-5-1-2-6-10-18)13-20-17(26)12-24-15-8-4-3-7-14(15)22-23-24/h1-13H2,(H,20,26)(H,21,25). The van der Waals surface area contributed by atoms with E-state index >= 15 is 0 Å². The molecular formula is C18H28ClN5O2. The largest absolute Gasteiger partial charge is 0.352 e. The number of amides is 2. The van der Waals surface area contributed by atoms with Crippen LogP contribution >= 0.6 is 11.6 Å². The number of aromatic nitrogens is 3. The highest BCUT2D eigenvalue weighted by molar-refractivity contribution is 6.27. The quantitative estimate of drug-likeness (QED) is 0.580.